The van der Waals surface area contributed by atoms with E-state index in [0.29, 0.717) is 0 Å². The highest BCUT2D eigenvalue weighted by molar-refractivity contribution is 5.28. The fourth-order valence-corrected chi connectivity index (χ4v) is 1.76. The predicted molar refractivity (Wildman–Crippen MR) is 69.2 cm³/mol. The molecular formula is C14H18N2O. The van der Waals surface area contributed by atoms with Crippen LogP contribution in [0, 0.1) is 0 Å². The zero-order valence-corrected chi connectivity index (χ0v) is 10.1. The summed E-state index contributed by atoms with van der Waals surface area (Å²) in [7, 11) is 1.70. The van der Waals surface area contributed by atoms with Crippen molar-refractivity contribution in [2.45, 2.75) is 13.0 Å². The Morgan fingerprint density at radius 2 is 2.18 bits per heavy atom. The second-order valence-electron chi connectivity index (χ2n) is 4.00. The molecule has 0 saturated carbocycles. The molecule has 0 aliphatic heterocycles. The van der Waals surface area contributed by atoms with Crippen LogP contribution in [0.5, 0.6) is 5.75 Å². The molecule has 17 heavy (non-hydrogen) atoms. The average molecular weight is 230 g/mol. The van der Waals surface area contributed by atoms with Crippen molar-refractivity contribution in [3.63, 3.8) is 0 Å². The summed E-state index contributed by atoms with van der Waals surface area (Å²) in [4.78, 5) is 3.05. The molecule has 0 bridgehead atoms. The molecule has 3 heteroatoms. The molecule has 1 heterocycles. The third-order valence-corrected chi connectivity index (χ3v) is 2.72. The van der Waals surface area contributed by atoms with E-state index in [1.165, 1.54) is 11.1 Å². The number of methoxy groups -OCH3 is 1. The molecule has 0 amide bonds. The van der Waals surface area contributed by atoms with Crippen LogP contribution in [0.1, 0.15) is 11.1 Å². The zero-order chi connectivity index (χ0) is 11.9. The van der Waals surface area contributed by atoms with Crippen molar-refractivity contribution in [2.75, 3.05) is 13.7 Å². The monoisotopic (exact) mass is 230 g/mol. The maximum atomic E-state index is 5.20. The Kier molecular flexibility index (Phi) is 4.22. The second kappa shape index (κ2) is 6.11. The van der Waals surface area contributed by atoms with Gasteiger partial charge in [0, 0.05) is 18.9 Å². The maximum absolute atomic E-state index is 5.20. The van der Waals surface area contributed by atoms with E-state index in [1.807, 2.05) is 24.5 Å². The molecule has 3 nitrogen and oxygen atoms in total. The quantitative estimate of drug-likeness (QED) is 0.747. The lowest BCUT2D eigenvalue weighted by Crippen LogP contribution is -2.16. The van der Waals surface area contributed by atoms with Crippen LogP contribution in [0.2, 0.25) is 0 Å². The van der Waals surface area contributed by atoms with Gasteiger partial charge in [-0.25, -0.2) is 0 Å². The van der Waals surface area contributed by atoms with Gasteiger partial charge in [-0.05, 0) is 42.3 Å². The number of H-pyrrole nitrogens is 1. The Bertz CT molecular complexity index is 437. The van der Waals surface area contributed by atoms with Crippen molar-refractivity contribution in [3.05, 3.63) is 53.9 Å². The number of benzene rings is 1. The SMILES string of the molecule is COc1cccc(CCNCc2cc[nH]c2)c1. The third-order valence-electron chi connectivity index (χ3n) is 2.72. The van der Waals surface area contributed by atoms with Gasteiger partial charge in [0.25, 0.3) is 0 Å². The van der Waals surface area contributed by atoms with Gasteiger partial charge < -0.3 is 15.0 Å². The summed E-state index contributed by atoms with van der Waals surface area (Å²) in [5.74, 6) is 0.924. The van der Waals surface area contributed by atoms with Gasteiger partial charge in [-0.15, -0.1) is 0 Å². The number of aromatic amines is 1. The molecule has 2 rings (SSSR count). The van der Waals surface area contributed by atoms with Gasteiger partial charge in [-0.3, -0.25) is 0 Å². The van der Waals surface area contributed by atoms with Gasteiger partial charge in [0.2, 0.25) is 0 Å². The Hall–Kier alpha value is -1.74. The number of hydrogen-bond donors (Lipinski definition) is 2. The van der Waals surface area contributed by atoms with Crippen molar-refractivity contribution in [1.29, 1.82) is 0 Å². The van der Waals surface area contributed by atoms with Crippen molar-refractivity contribution < 1.29 is 4.74 Å². The molecule has 1 aromatic heterocycles. The highest BCUT2D eigenvalue weighted by Gasteiger charge is 1.96. The minimum atomic E-state index is 0.910. The van der Waals surface area contributed by atoms with Crippen molar-refractivity contribution in [2.24, 2.45) is 0 Å². The number of rotatable bonds is 6. The predicted octanol–water partition coefficient (Wildman–Crippen LogP) is 2.36. The van der Waals surface area contributed by atoms with Gasteiger partial charge in [0.1, 0.15) is 5.75 Å². The molecule has 0 radical (unpaired) electrons. The van der Waals surface area contributed by atoms with E-state index in [-0.39, 0.29) is 0 Å². The lowest BCUT2D eigenvalue weighted by atomic mass is 10.1. The summed E-state index contributed by atoms with van der Waals surface area (Å²) in [6.07, 6.45) is 4.97. The normalized spacial score (nSPS) is 10.4. The van der Waals surface area contributed by atoms with Crippen molar-refractivity contribution in [1.82, 2.24) is 10.3 Å². The van der Waals surface area contributed by atoms with E-state index < -0.39 is 0 Å². The Balaban J connectivity index is 1.74. The Morgan fingerprint density at radius 3 is 2.94 bits per heavy atom. The highest BCUT2D eigenvalue weighted by Crippen LogP contribution is 2.12. The number of nitrogens with one attached hydrogen (secondary N) is 2. The number of aromatic nitrogens is 1. The molecule has 0 fully saturated rings. The van der Waals surface area contributed by atoms with Crippen LogP contribution in [0.15, 0.2) is 42.7 Å². The Labute approximate surface area is 102 Å². The molecule has 0 saturated heterocycles. The van der Waals surface area contributed by atoms with E-state index in [1.54, 1.807) is 7.11 Å². The highest BCUT2D eigenvalue weighted by atomic mass is 16.5. The molecule has 1 aromatic carbocycles. The van der Waals surface area contributed by atoms with Crippen LogP contribution >= 0.6 is 0 Å². The first-order chi connectivity index (χ1) is 8.38. The van der Waals surface area contributed by atoms with Gasteiger partial charge in [0.05, 0.1) is 7.11 Å². The molecule has 0 unspecified atom stereocenters. The van der Waals surface area contributed by atoms with E-state index in [0.717, 1.165) is 25.3 Å². The van der Waals surface area contributed by atoms with Crippen LogP contribution in [-0.4, -0.2) is 18.6 Å². The molecule has 90 valence electrons. The number of ether oxygens (including phenoxy) is 1. The van der Waals surface area contributed by atoms with Crippen LogP contribution < -0.4 is 10.1 Å². The fraction of sp³-hybridized carbons (Fsp3) is 0.286. The lowest BCUT2D eigenvalue weighted by molar-refractivity contribution is 0.414. The van der Waals surface area contributed by atoms with Gasteiger partial charge in [0.15, 0.2) is 0 Å². The van der Waals surface area contributed by atoms with Crippen molar-refractivity contribution >= 4 is 0 Å². The first kappa shape index (κ1) is 11.7. The number of hydrogen-bond acceptors (Lipinski definition) is 2. The minimum Gasteiger partial charge on any atom is -0.497 e. The van der Waals surface area contributed by atoms with E-state index in [2.05, 4.69) is 28.5 Å². The molecule has 2 aromatic rings. The first-order valence-corrected chi connectivity index (χ1v) is 5.84. The molecule has 0 aliphatic rings. The van der Waals surface area contributed by atoms with Crippen LogP contribution in [0.3, 0.4) is 0 Å². The molecule has 0 atom stereocenters. The van der Waals surface area contributed by atoms with Crippen LogP contribution in [0.4, 0.5) is 0 Å². The largest absolute Gasteiger partial charge is 0.497 e. The van der Waals surface area contributed by atoms with Crippen molar-refractivity contribution in [3.8, 4) is 5.75 Å². The summed E-state index contributed by atoms with van der Waals surface area (Å²) in [5.41, 5.74) is 2.58. The van der Waals surface area contributed by atoms with E-state index in [4.69, 9.17) is 4.74 Å². The van der Waals surface area contributed by atoms with Crippen LogP contribution in [-0.2, 0) is 13.0 Å². The Morgan fingerprint density at radius 1 is 1.24 bits per heavy atom. The first-order valence-electron chi connectivity index (χ1n) is 5.84. The van der Waals surface area contributed by atoms with E-state index >= 15 is 0 Å². The summed E-state index contributed by atoms with van der Waals surface area (Å²) < 4.78 is 5.20. The second-order valence-corrected chi connectivity index (χ2v) is 4.00. The zero-order valence-electron chi connectivity index (χ0n) is 10.1. The fourth-order valence-electron chi connectivity index (χ4n) is 1.76. The molecule has 0 spiro atoms. The van der Waals surface area contributed by atoms with Crippen LogP contribution in [0.25, 0.3) is 0 Å². The smallest absolute Gasteiger partial charge is 0.119 e. The lowest BCUT2D eigenvalue weighted by Gasteiger charge is -2.05. The summed E-state index contributed by atoms with van der Waals surface area (Å²) in [6, 6.07) is 10.3. The molecular weight excluding hydrogens is 212 g/mol. The maximum Gasteiger partial charge on any atom is 0.119 e. The topological polar surface area (TPSA) is 37.0 Å². The van der Waals surface area contributed by atoms with Gasteiger partial charge in [-0.1, -0.05) is 12.1 Å². The summed E-state index contributed by atoms with van der Waals surface area (Å²) in [5, 5.41) is 3.41. The minimum absolute atomic E-state index is 0.910. The third kappa shape index (κ3) is 3.64. The molecule has 0 aliphatic carbocycles. The molecule has 2 N–H and O–H groups in total. The van der Waals surface area contributed by atoms with Gasteiger partial charge >= 0.3 is 0 Å². The average Bonchev–Trinajstić information content (AvgIpc) is 2.88. The summed E-state index contributed by atoms with van der Waals surface area (Å²) in [6.45, 7) is 1.88. The summed E-state index contributed by atoms with van der Waals surface area (Å²) >= 11 is 0. The standard InChI is InChI=1S/C14H18N2O/c1-17-14-4-2-3-12(9-14)5-7-15-10-13-6-8-16-11-13/h2-4,6,8-9,11,15-16H,5,7,10H2,1H3. The van der Waals surface area contributed by atoms with E-state index in [9.17, 15) is 0 Å². The van der Waals surface area contributed by atoms with Gasteiger partial charge in [-0.2, -0.15) is 0 Å².